The van der Waals surface area contributed by atoms with Crippen molar-refractivity contribution in [1.29, 1.82) is 0 Å². The van der Waals surface area contributed by atoms with Crippen molar-refractivity contribution in [1.82, 2.24) is 26.2 Å². The summed E-state index contributed by atoms with van der Waals surface area (Å²) in [5, 5.41) is 20.3. The van der Waals surface area contributed by atoms with Crippen molar-refractivity contribution in [2.75, 3.05) is 6.54 Å². The molecule has 2 aromatic rings. The number of amides is 5. The number of carboxylic acid groups (broad SMARTS) is 1. The normalized spacial score (nSPS) is 24.9. The number of aliphatic carboxylic acids is 1. The molecule has 45 heavy (non-hydrogen) atoms. The fraction of sp³-hybridized carbons (Fsp3) is 0.455. The van der Waals surface area contributed by atoms with Crippen LogP contribution in [0, 0.1) is 5.92 Å². The van der Waals surface area contributed by atoms with Gasteiger partial charge in [-0.15, -0.1) is 0 Å². The maximum absolute atomic E-state index is 13.8. The zero-order valence-electron chi connectivity index (χ0n) is 25.5. The van der Waals surface area contributed by atoms with Crippen LogP contribution in [0.4, 0.5) is 0 Å². The smallest absolute Gasteiger partial charge is 0.305 e. The molecule has 240 valence electrons. The molecule has 0 saturated carbocycles. The third kappa shape index (κ3) is 9.13. The molecule has 0 radical (unpaired) electrons. The Bertz CT molecular complexity index is 1380. The third-order valence-electron chi connectivity index (χ3n) is 8.00. The van der Waals surface area contributed by atoms with E-state index in [4.69, 9.17) is 0 Å². The molecule has 0 aromatic heterocycles. The van der Waals surface area contributed by atoms with Gasteiger partial charge in [0.1, 0.15) is 30.2 Å². The van der Waals surface area contributed by atoms with Crippen LogP contribution < -0.4 is 21.3 Å². The molecule has 12 nitrogen and oxygen atoms in total. The predicted octanol–water partition coefficient (Wildman–Crippen LogP) is 0.936. The van der Waals surface area contributed by atoms with E-state index in [1.165, 1.54) is 4.90 Å². The van der Waals surface area contributed by atoms with Gasteiger partial charge in [-0.3, -0.25) is 28.8 Å². The summed E-state index contributed by atoms with van der Waals surface area (Å²) in [4.78, 5) is 81.7. The molecular weight excluding hydrogens is 578 g/mol. The standard InChI is InChI=1S/C33H41N5O7/c1-20(2)16-26-33(45)38-15-9-14-27(38)32(44)36-24(18-22-12-7-4-8-13-22)30(42)34-23(17-21-10-5-3-6-11-21)29(41)35-25(19-28(39)40)31(43)37-26/h3-8,10-13,20,23-27H,9,14-19H2,1-2H3,(H,34,42)(H,35,41)(H,36,44)(H,37,43)(H,39,40)/t23-,24-,25-,26-,27-/m0/s1. The molecule has 2 heterocycles. The minimum Gasteiger partial charge on any atom is -0.481 e. The van der Waals surface area contributed by atoms with Gasteiger partial charge < -0.3 is 31.3 Å². The van der Waals surface area contributed by atoms with Crippen LogP contribution in [-0.2, 0) is 41.6 Å². The summed E-state index contributed by atoms with van der Waals surface area (Å²) >= 11 is 0. The Hall–Kier alpha value is -4.74. The lowest BCUT2D eigenvalue weighted by Crippen LogP contribution is -2.58. The van der Waals surface area contributed by atoms with Crippen molar-refractivity contribution in [3.05, 3.63) is 71.8 Å². The molecule has 5 atom stereocenters. The molecule has 2 aliphatic rings. The van der Waals surface area contributed by atoms with Gasteiger partial charge in [0.05, 0.1) is 6.42 Å². The Morgan fingerprint density at radius 2 is 1.20 bits per heavy atom. The summed E-state index contributed by atoms with van der Waals surface area (Å²) in [6, 6.07) is 12.3. The van der Waals surface area contributed by atoms with Gasteiger partial charge in [-0.05, 0) is 36.3 Å². The SMILES string of the molecule is CC(C)C[C@@H]1NC(=O)[C@H](CC(=O)O)NC(=O)[C@H](Cc2ccccc2)NC(=O)[C@H](Cc2ccccc2)NC(=O)[C@@H]2CCCN2C1=O. The van der Waals surface area contributed by atoms with Crippen molar-refractivity contribution in [3.8, 4) is 0 Å². The van der Waals surface area contributed by atoms with E-state index >= 15 is 0 Å². The van der Waals surface area contributed by atoms with Crippen molar-refractivity contribution < 1.29 is 33.9 Å². The third-order valence-corrected chi connectivity index (χ3v) is 8.00. The summed E-state index contributed by atoms with van der Waals surface area (Å²) < 4.78 is 0. The fourth-order valence-corrected chi connectivity index (χ4v) is 5.78. The number of carbonyl (C=O) groups is 6. The number of rotatable bonds is 8. The maximum Gasteiger partial charge on any atom is 0.305 e. The van der Waals surface area contributed by atoms with Gasteiger partial charge in [0.25, 0.3) is 0 Å². The fourth-order valence-electron chi connectivity index (χ4n) is 5.78. The quantitative estimate of drug-likeness (QED) is 0.292. The van der Waals surface area contributed by atoms with Gasteiger partial charge >= 0.3 is 5.97 Å². The number of nitrogens with zero attached hydrogens (tertiary/aromatic N) is 1. The number of nitrogens with one attached hydrogen (secondary N) is 4. The van der Waals surface area contributed by atoms with E-state index in [0.717, 1.165) is 5.56 Å². The molecule has 2 fully saturated rings. The molecule has 5 amide bonds. The summed E-state index contributed by atoms with van der Waals surface area (Å²) in [7, 11) is 0. The highest BCUT2D eigenvalue weighted by Crippen LogP contribution is 2.21. The number of carbonyl (C=O) groups excluding carboxylic acids is 5. The number of hydrogen-bond donors (Lipinski definition) is 5. The Morgan fingerprint density at radius 3 is 1.71 bits per heavy atom. The Kier molecular flexibility index (Phi) is 11.3. The Labute approximate surface area is 262 Å². The Balaban J connectivity index is 1.75. The highest BCUT2D eigenvalue weighted by atomic mass is 16.4. The van der Waals surface area contributed by atoms with Crippen molar-refractivity contribution >= 4 is 35.5 Å². The van der Waals surface area contributed by atoms with E-state index in [0.29, 0.717) is 18.4 Å². The van der Waals surface area contributed by atoms with Crippen LogP contribution in [0.2, 0.25) is 0 Å². The largest absolute Gasteiger partial charge is 0.481 e. The molecule has 2 aliphatic heterocycles. The molecular formula is C33H41N5O7. The van der Waals surface area contributed by atoms with Crippen LogP contribution in [0.1, 0.15) is 50.7 Å². The zero-order valence-corrected chi connectivity index (χ0v) is 25.5. The molecule has 0 spiro atoms. The van der Waals surface area contributed by atoms with Gasteiger partial charge in [0.2, 0.25) is 29.5 Å². The lowest BCUT2D eigenvalue weighted by Gasteiger charge is -2.31. The van der Waals surface area contributed by atoms with E-state index in [9.17, 15) is 33.9 Å². The number of hydrogen-bond acceptors (Lipinski definition) is 6. The van der Waals surface area contributed by atoms with E-state index in [-0.39, 0.29) is 31.7 Å². The van der Waals surface area contributed by atoms with Gasteiger partial charge in [0.15, 0.2) is 0 Å². The Morgan fingerprint density at radius 1 is 0.733 bits per heavy atom. The highest BCUT2D eigenvalue weighted by molar-refractivity contribution is 5.99. The summed E-state index contributed by atoms with van der Waals surface area (Å²) in [5.74, 6) is -4.60. The number of carboxylic acids is 1. The van der Waals surface area contributed by atoms with Crippen LogP contribution in [0.5, 0.6) is 0 Å². The lowest BCUT2D eigenvalue weighted by molar-refractivity contribution is -0.143. The molecule has 0 unspecified atom stereocenters. The molecule has 12 heteroatoms. The van der Waals surface area contributed by atoms with Crippen molar-refractivity contribution in [3.63, 3.8) is 0 Å². The molecule has 5 N–H and O–H groups in total. The zero-order chi connectivity index (χ0) is 32.5. The monoisotopic (exact) mass is 619 g/mol. The van der Waals surface area contributed by atoms with Crippen molar-refractivity contribution in [2.24, 2.45) is 5.92 Å². The average Bonchev–Trinajstić information content (AvgIpc) is 3.50. The summed E-state index contributed by atoms with van der Waals surface area (Å²) in [5.41, 5.74) is 1.48. The first-order valence-electron chi connectivity index (χ1n) is 15.3. The summed E-state index contributed by atoms with van der Waals surface area (Å²) in [6.45, 7) is 4.03. The first-order valence-corrected chi connectivity index (χ1v) is 15.3. The highest BCUT2D eigenvalue weighted by Gasteiger charge is 2.41. The van der Waals surface area contributed by atoms with E-state index in [1.54, 1.807) is 30.3 Å². The molecule has 0 aliphatic carbocycles. The van der Waals surface area contributed by atoms with Gasteiger partial charge in [-0.1, -0.05) is 74.5 Å². The number of benzene rings is 2. The average molecular weight is 620 g/mol. The first-order chi connectivity index (χ1) is 21.5. The maximum atomic E-state index is 13.8. The molecule has 2 saturated heterocycles. The second-order valence-electron chi connectivity index (χ2n) is 12.0. The first kappa shape index (κ1) is 33.2. The van der Waals surface area contributed by atoms with Gasteiger partial charge in [0, 0.05) is 19.4 Å². The molecule has 4 rings (SSSR count). The minimum absolute atomic E-state index is 0.0314. The van der Waals surface area contributed by atoms with Crippen LogP contribution in [-0.4, -0.2) is 82.3 Å². The molecule has 0 bridgehead atoms. The van der Waals surface area contributed by atoms with Crippen LogP contribution in [0.25, 0.3) is 0 Å². The van der Waals surface area contributed by atoms with Crippen LogP contribution in [0.3, 0.4) is 0 Å². The van der Waals surface area contributed by atoms with E-state index in [2.05, 4.69) is 21.3 Å². The summed E-state index contributed by atoms with van der Waals surface area (Å²) in [6.07, 6.45) is 0.579. The van der Waals surface area contributed by atoms with Crippen molar-refractivity contribution in [2.45, 2.75) is 82.6 Å². The van der Waals surface area contributed by atoms with E-state index in [1.807, 2.05) is 44.2 Å². The van der Waals surface area contributed by atoms with Gasteiger partial charge in [-0.25, -0.2) is 0 Å². The van der Waals surface area contributed by atoms with Crippen LogP contribution in [0.15, 0.2) is 60.7 Å². The topological polar surface area (TPSA) is 174 Å². The predicted molar refractivity (Wildman–Crippen MR) is 164 cm³/mol. The second-order valence-corrected chi connectivity index (χ2v) is 12.0. The van der Waals surface area contributed by atoms with Crippen LogP contribution >= 0.6 is 0 Å². The second kappa shape index (κ2) is 15.3. The lowest BCUT2D eigenvalue weighted by atomic mass is 10.0. The number of fused-ring (bicyclic) bond motifs is 1. The molecule has 2 aromatic carbocycles. The minimum atomic E-state index is -1.52. The van der Waals surface area contributed by atoms with Gasteiger partial charge in [-0.2, -0.15) is 0 Å². The van der Waals surface area contributed by atoms with E-state index < -0.39 is 72.1 Å².